The van der Waals surface area contributed by atoms with E-state index in [1.54, 1.807) is 4.31 Å². The predicted octanol–water partition coefficient (Wildman–Crippen LogP) is 4.39. The largest absolute Gasteiger partial charge is 0.371 e. The normalized spacial score (nSPS) is 19.1. The SMILES string of the molecule is CC(C)C(C1CCCN(c2ccccc2)C1)N(c1ccccc1)S(C)(=O)=O. The molecule has 2 unspecified atom stereocenters. The van der Waals surface area contributed by atoms with Crippen LogP contribution in [0.25, 0.3) is 0 Å². The molecule has 0 N–H and O–H groups in total. The molecule has 1 aliphatic rings. The summed E-state index contributed by atoms with van der Waals surface area (Å²) in [7, 11) is -3.38. The molecule has 27 heavy (non-hydrogen) atoms. The number of rotatable bonds is 6. The lowest BCUT2D eigenvalue weighted by atomic mass is 9.84. The number of para-hydroxylation sites is 2. The Kier molecular flexibility index (Phi) is 6.10. The van der Waals surface area contributed by atoms with Crippen molar-refractivity contribution in [2.45, 2.75) is 32.7 Å². The van der Waals surface area contributed by atoms with Crippen molar-refractivity contribution in [3.05, 3.63) is 60.7 Å². The molecule has 1 fully saturated rings. The zero-order chi connectivity index (χ0) is 19.4. The summed E-state index contributed by atoms with van der Waals surface area (Å²) in [6.07, 6.45) is 3.45. The molecule has 1 saturated heterocycles. The maximum absolute atomic E-state index is 12.8. The first-order valence-corrected chi connectivity index (χ1v) is 11.6. The van der Waals surface area contributed by atoms with Crippen molar-refractivity contribution in [2.75, 3.05) is 28.6 Å². The lowest BCUT2D eigenvalue weighted by molar-refractivity contribution is 0.298. The van der Waals surface area contributed by atoms with Crippen molar-refractivity contribution >= 4 is 21.4 Å². The average Bonchev–Trinajstić information content (AvgIpc) is 2.66. The van der Waals surface area contributed by atoms with Crippen molar-refractivity contribution in [1.29, 1.82) is 0 Å². The van der Waals surface area contributed by atoms with Gasteiger partial charge in [0.15, 0.2) is 0 Å². The molecule has 0 saturated carbocycles. The van der Waals surface area contributed by atoms with Crippen LogP contribution in [0.3, 0.4) is 0 Å². The molecule has 2 atom stereocenters. The molecule has 5 heteroatoms. The maximum atomic E-state index is 12.8. The molecule has 4 nitrogen and oxygen atoms in total. The van der Waals surface area contributed by atoms with Crippen molar-refractivity contribution in [3.63, 3.8) is 0 Å². The lowest BCUT2D eigenvalue weighted by Crippen LogP contribution is -2.52. The molecule has 0 bridgehead atoms. The fourth-order valence-electron chi connectivity index (χ4n) is 4.33. The van der Waals surface area contributed by atoms with Crippen molar-refractivity contribution in [2.24, 2.45) is 11.8 Å². The fraction of sp³-hybridized carbons (Fsp3) is 0.455. The van der Waals surface area contributed by atoms with Crippen LogP contribution in [0.4, 0.5) is 11.4 Å². The van der Waals surface area contributed by atoms with Gasteiger partial charge in [0.2, 0.25) is 10.0 Å². The van der Waals surface area contributed by atoms with E-state index in [2.05, 4.69) is 43.0 Å². The van der Waals surface area contributed by atoms with Gasteiger partial charge in [-0.05, 0) is 48.9 Å². The molecule has 1 aliphatic heterocycles. The van der Waals surface area contributed by atoms with Crippen LogP contribution in [0, 0.1) is 11.8 Å². The Labute approximate surface area is 163 Å². The Balaban J connectivity index is 1.94. The van der Waals surface area contributed by atoms with Gasteiger partial charge in [-0.1, -0.05) is 50.2 Å². The Morgan fingerprint density at radius 2 is 1.59 bits per heavy atom. The predicted molar refractivity (Wildman–Crippen MR) is 114 cm³/mol. The number of sulfonamides is 1. The van der Waals surface area contributed by atoms with Gasteiger partial charge in [0.1, 0.15) is 0 Å². The first-order valence-electron chi connectivity index (χ1n) is 9.72. The van der Waals surface area contributed by atoms with Gasteiger partial charge in [-0.15, -0.1) is 0 Å². The molecule has 2 aromatic carbocycles. The second-order valence-electron chi connectivity index (χ2n) is 7.81. The summed E-state index contributed by atoms with van der Waals surface area (Å²) in [5.74, 6) is 0.509. The zero-order valence-electron chi connectivity index (χ0n) is 16.5. The topological polar surface area (TPSA) is 40.6 Å². The molecule has 0 amide bonds. The van der Waals surface area contributed by atoms with Crippen molar-refractivity contribution in [3.8, 4) is 0 Å². The number of hydrogen-bond donors (Lipinski definition) is 0. The molecular weight excluding hydrogens is 356 g/mol. The highest BCUT2D eigenvalue weighted by Gasteiger charge is 2.37. The smallest absolute Gasteiger partial charge is 0.232 e. The second kappa shape index (κ2) is 8.34. The summed E-state index contributed by atoms with van der Waals surface area (Å²) >= 11 is 0. The van der Waals surface area contributed by atoms with E-state index in [9.17, 15) is 8.42 Å². The standard InChI is InChI=1S/C22H30N2O2S/c1-18(2)22(24(27(3,25)26)21-14-8-5-9-15-21)19-11-10-16-23(17-19)20-12-6-4-7-13-20/h4-9,12-15,18-19,22H,10-11,16-17H2,1-3H3. The van der Waals surface area contributed by atoms with Gasteiger partial charge in [-0.2, -0.15) is 0 Å². The molecule has 3 rings (SSSR count). The van der Waals surface area contributed by atoms with Gasteiger partial charge in [-0.3, -0.25) is 4.31 Å². The summed E-state index contributed by atoms with van der Waals surface area (Å²) in [5.41, 5.74) is 1.98. The molecule has 146 valence electrons. The number of benzene rings is 2. The second-order valence-corrected chi connectivity index (χ2v) is 9.67. The highest BCUT2D eigenvalue weighted by atomic mass is 32.2. The number of piperidine rings is 1. The van der Waals surface area contributed by atoms with E-state index in [-0.39, 0.29) is 17.9 Å². The van der Waals surface area contributed by atoms with Gasteiger partial charge in [0, 0.05) is 18.8 Å². The summed E-state index contributed by atoms with van der Waals surface area (Å²) in [4.78, 5) is 2.40. The molecule has 0 radical (unpaired) electrons. The van der Waals surface area contributed by atoms with Gasteiger partial charge in [-0.25, -0.2) is 8.42 Å². The van der Waals surface area contributed by atoms with E-state index < -0.39 is 10.0 Å². The van der Waals surface area contributed by atoms with Crippen LogP contribution in [-0.2, 0) is 10.0 Å². The third-order valence-corrected chi connectivity index (χ3v) is 6.55. The van der Waals surface area contributed by atoms with Crippen LogP contribution in [0.1, 0.15) is 26.7 Å². The minimum absolute atomic E-state index is 0.0612. The number of anilines is 2. The van der Waals surface area contributed by atoms with E-state index in [0.717, 1.165) is 31.6 Å². The average molecular weight is 387 g/mol. The van der Waals surface area contributed by atoms with E-state index in [4.69, 9.17) is 0 Å². The van der Waals surface area contributed by atoms with Gasteiger partial charge < -0.3 is 4.90 Å². The number of hydrogen-bond acceptors (Lipinski definition) is 3. The van der Waals surface area contributed by atoms with Crippen LogP contribution < -0.4 is 9.21 Å². The van der Waals surface area contributed by atoms with Gasteiger partial charge in [0.05, 0.1) is 18.0 Å². The highest BCUT2D eigenvalue weighted by molar-refractivity contribution is 7.92. The summed E-state index contributed by atoms with van der Waals surface area (Å²) in [6.45, 7) is 6.17. The monoisotopic (exact) mass is 386 g/mol. The third kappa shape index (κ3) is 4.64. The van der Waals surface area contributed by atoms with Crippen LogP contribution in [0.5, 0.6) is 0 Å². The maximum Gasteiger partial charge on any atom is 0.232 e. The molecule has 1 heterocycles. The molecule has 0 aromatic heterocycles. The Bertz CT molecular complexity index is 822. The first kappa shape index (κ1) is 19.7. The van der Waals surface area contributed by atoms with Crippen molar-refractivity contribution < 1.29 is 8.42 Å². The Morgan fingerprint density at radius 1 is 1.00 bits per heavy atom. The molecule has 2 aromatic rings. The Morgan fingerprint density at radius 3 is 2.15 bits per heavy atom. The molecular formula is C22H30N2O2S. The number of nitrogens with zero attached hydrogens (tertiary/aromatic N) is 2. The highest BCUT2D eigenvalue weighted by Crippen LogP contribution is 2.34. The van der Waals surface area contributed by atoms with E-state index in [0.29, 0.717) is 0 Å². The molecule has 0 aliphatic carbocycles. The summed E-state index contributed by atoms with van der Waals surface area (Å²) < 4.78 is 27.2. The van der Waals surface area contributed by atoms with Gasteiger partial charge in [0.25, 0.3) is 0 Å². The zero-order valence-corrected chi connectivity index (χ0v) is 17.3. The minimum Gasteiger partial charge on any atom is -0.371 e. The van der Waals surface area contributed by atoms with E-state index >= 15 is 0 Å². The quantitative estimate of drug-likeness (QED) is 0.739. The van der Waals surface area contributed by atoms with Gasteiger partial charge >= 0.3 is 0 Å². The van der Waals surface area contributed by atoms with E-state index in [1.807, 2.05) is 36.4 Å². The lowest BCUT2D eigenvalue weighted by Gasteiger charge is -2.44. The van der Waals surface area contributed by atoms with E-state index in [1.165, 1.54) is 11.9 Å². The third-order valence-electron chi connectivity index (χ3n) is 5.38. The van der Waals surface area contributed by atoms with Crippen LogP contribution in [0.15, 0.2) is 60.7 Å². The Hall–Kier alpha value is -2.01. The van der Waals surface area contributed by atoms with Crippen molar-refractivity contribution in [1.82, 2.24) is 0 Å². The summed E-state index contributed by atoms with van der Waals surface area (Å²) in [5, 5.41) is 0. The molecule has 0 spiro atoms. The fourth-order valence-corrected chi connectivity index (χ4v) is 5.69. The minimum atomic E-state index is -3.38. The van der Waals surface area contributed by atoms with Crippen LogP contribution in [0.2, 0.25) is 0 Å². The van der Waals surface area contributed by atoms with Crippen LogP contribution >= 0.6 is 0 Å². The first-order chi connectivity index (χ1) is 12.9. The van der Waals surface area contributed by atoms with Crippen LogP contribution in [-0.4, -0.2) is 33.8 Å². The summed E-state index contributed by atoms with van der Waals surface area (Å²) in [6, 6.07) is 19.9.